The molecule has 49 heavy (non-hydrogen) atoms. The lowest BCUT2D eigenvalue weighted by Gasteiger charge is -2.16. The van der Waals surface area contributed by atoms with Crippen LogP contribution < -0.4 is 38.5 Å². The molecule has 0 aliphatic heterocycles. The van der Waals surface area contributed by atoms with Crippen molar-refractivity contribution >= 4 is 30.4 Å². The molecule has 0 aromatic rings. The summed E-state index contributed by atoms with van der Waals surface area (Å²) in [7, 11) is 7.63. The third-order valence-corrected chi connectivity index (χ3v) is 6.51. The molecule has 0 spiro atoms. The Morgan fingerprint density at radius 3 is 1.73 bits per heavy atom. The number of unbranched alkanes of at least 4 members (excludes halogenated alkanes) is 1. The molecular formula is C32H68N8O9. The largest absolute Gasteiger partial charge is 0.379 e. The highest BCUT2D eigenvalue weighted by atomic mass is 16.6. The molecule has 17 heteroatoms. The van der Waals surface area contributed by atoms with E-state index >= 15 is 0 Å². The maximum atomic E-state index is 11.6. The highest BCUT2D eigenvalue weighted by Crippen LogP contribution is 1.99. The van der Waals surface area contributed by atoms with E-state index in [9.17, 15) is 24.0 Å². The molecule has 0 rings (SSSR count). The number of hydrogen-bond acceptors (Lipinski definition) is 13. The third-order valence-electron chi connectivity index (χ3n) is 6.51. The molecule has 0 aliphatic rings. The van der Waals surface area contributed by atoms with Gasteiger partial charge in [-0.1, -0.05) is 20.3 Å². The Morgan fingerprint density at radius 1 is 0.755 bits per heavy atom. The third kappa shape index (κ3) is 41.3. The van der Waals surface area contributed by atoms with Crippen LogP contribution in [0.25, 0.3) is 0 Å². The lowest BCUT2D eigenvalue weighted by Crippen LogP contribution is -2.40. The number of rotatable bonds is 30. The van der Waals surface area contributed by atoms with E-state index in [0.29, 0.717) is 72.2 Å². The number of carbonyl (C=O) groups excluding carboxylic acids is 5. The number of nitrogens with two attached hydrogens (primary N) is 3. The molecule has 0 radical (unpaired) electrons. The van der Waals surface area contributed by atoms with Gasteiger partial charge in [-0.3, -0.25) is 9.59 Å². The van der Waals surface area contributed by atoms with Crippen molar-refractivity contribution in [3.8, 4) is 0 Å². The highest BCUT2D eigenvalue weighted by Gasteiger charge is 2.14. The number of hydrogen-bond donors (Lipinski definition) is 7. The minimum atomic E-state index is -0.555. The first-order valence-corrected chi connectivity index (χ1v) is 16.9. The van der Waals surface area contributed by atoms with Crippen molar-refractivity contribution in [2.45, 2.75) is 70.5 Å². The maximum Gasteiger partial charge on any atom is 0.312 e. The zero-order chi connectivity index (χ0) is 37.7. The van der Waals surface area contributed by atoms with Gasteiger partial charge in [-0.25, -0.2) is 4.79 Å². The fourth-order valence-corrected chi connectivity index (χ4v) is 3.54. The Balaban J connectivity index is -0.000000734. The lowest BCUT2D eigenvalue weighted by molar-refractivity contribution is -0.125. The van der Waals surface area contributed by atoms with Crippen molar-refractivity contribution in [2.24, 2.45) is 23.1 Å². The van der Waals surface area contributed by atoms with Crippen molar-refractivity contribution < 1.29 is 42.9 Å². The van der Waals surface area contributed by atoms with E-state index in [1.54, 1.807) is 7.05 Å². The van der Waals surface area contributed by atoms with Crippen molar-refractivity contribution in [2.75, 3.05) is 101 Å². The molecule has 290 valence electrons. The molecule has 0 aromatic heterocycles. The first-order valence-electron chi connectivity index (χ1n) is 16.9. The molecule has 0 heterocycles. The quantitative estimate of drug-likeness (QED) is 0.0341. The summed E-state index contributed by atoms with van der Waals surface area (Å²) in [4.78, 5) is 55.6. The summed E-state index contributed by atoms with van der Waals surface area (Å²) in [5.41, 5.74) is 15.3. The summed E-state index contributed by atoms with van der Waals surface area (Å²) in [5.74, 6) is -0.489. The number of ether oxygens (including phenoxy) is 4. The van der Waals surface area contributed by atoms with Crippen molar-refractivity contribution in [3.05, 3.63) is 0 Å². The van der Waals surface area contributed by atoms with E-state index in [1.165, 1.54) is 0 Å². The second kappa shape index (κ2) is 38.0. The van der Waals surface area contributed by atoms with Crippen LogP contribution in [0.4, 0.5) is 4.79 Å². The summed E-state index contributed by atoms with van der Waals surface area (Å²) in [6, 6.07) is -1.59. The Kier molecular flexibility index (Phi) is 39.3. The molecule has 3 atom stereocenters. The van der Waals surface area contributed by atoms with Gasteiger partial charge in [0, 0.05) is 19.5 Å². The van der Waals surface area contributed by atoms with Gasteiger partial charge >= 0.3 is 6.03 Å². The Bertz CT molecular complexity index is 811. The molecule has 0 saturated carbocycles. The van der Waals surface area contributed by atoms with Gasteiger partial charge in [0.15, 0.2) is 0 Å². The van der Waals surface area contributed by atoms with E-state index in [0.717, 1.165) is 44.9 Å². The van der Waals surface area contributed by atoms with Crippen LogP contribution in [-0.2, 0) is 38.1 Å². The zero-order valence-corrected chi connectivity index (χ0v) is 30.8. The van der Waals surface area contributed by atoms with E-state index in [4.69, 9.17) is 36.1 Å². The monoisotopic (exact) mass is 709 g/mol. The molecule has 3 unspecified atom stereocenters. The predicted molar refractivity (Wildman–Crippen MR) is 190 cm³/mol. The average Bonchev–Trinajstić information content (AvgIpc) is 3.05. The van der Waals surface area contributed by atoms with Gasteiger partial charge in [-0.15, -0.1) is 0 Å². The normalized spacial score (nSPS) is 12.5. The van der Waals surface area contributed by atoms with E-state index in [1.807, 2.05) is 35.0 Å². The average molecular weight is 709 g/mol. The molecule has 10 N–H and O–H groups in total. The van der Waals surface area contributed by atoms with Gasteiger partial charge in [0.25, 0.3) is 0 Å². The number of urea groups is 1. The second-order valence-corrected chi connectivity index (χ2v) is 11.6. The molecule has 0 bridgehead atoms. The van der Waals surface area contributed by atoms with Crippen molar-refractivity contribution in [1.82, 2.24) is 26.2 Å². The number of nitrogens with one attached hydrogen (secondary N) is 4. The Labute approximate surface area is 293 Å². The number of aldehydes is 2. The van der Waals surface area contributed by atoms with Gasteiger partial charge in [0.05, 0.1) is 71.0 Å². The van der Waals surface area contributed by atoms with Crippen LogP contribution >= 0.6 is 0 Å². The van der Waals surface area contributed by atoms with Crippen molar-refractivity contribution in [3.63, 3.8) is 0 Å². The summed E-state index contributed by atoms with van der Waals surface area (Å²) < 4.78 is 21.3. The van der Waals surface area contributed by atoms with E-state index in [-0.39, 0.29) is 36.2 Å². The molecule has 17 nitrogen and oxygen atoms in total. The molecule has 0 saturated heterocycles. The summed E-state index contributed by atoms with van der Waals surface area (Å²) in [5, 5.41) is 10.9. The van der Waals surface area contributed by atoms with Crippen LogP contribution in [0.15, 0.2) is 0 Å². The Morgan fingerprint density at radius 2 is 1.31 bits per heavy atom. The summed E-state index contributed by atoms with van der Waals surface area (Å²) >= 11 is 0. The minimum Gasteiger partial charge on any atom is -0.379 e. The highest BCUT2D eigenvalue weighted by molar-refractivity contribution is 5.80. The number of likely N-dealkylation sites (N-methyl/N-ethyl adjacent to an activating group) is 2. The minimum absolute atomic E-state index is 0.0814. The van der Waals surface area contributed by atoms with Crippen molar-refractivity contribution in [1.29, 1.82) is 0 Å². The number of primary amides is 2. The zero-order valence-electron chi connectivity index (χ0n) is 30.8. The first kappa shape index (κ1) is 50.6. The number of amides is 4. The number of nitrogens with zero attached hydrogens (tertiary/aromatic N) is 1. The lowest BCUT2D eigenvalue weighted by atomic mass is 10.1. The fourth-order valence-electron chi connectivity index (χ4n) is 3.54. The van der Waals surface area contributed by atoms with Crippen LogP contribution in [0, 0.1) is 5.92 Å². The van der Waals surface area contributed by atoms with Crippen LogP contribution in [0.5, 0.6) is 0 Å². The first-order chi connectivity index (χ1) is 23.4. The molecule has 0 fully saturated rings. The van der Waals surface area contributed by atoms with E-state index in [2.05, 4.69) is 26.2 Å². The maximum absolute atomic E-state index is 11.6. The van der Waals surface area contributed by atoms with Gasteiger partial charge in [-0.05, 0) is 66.3 Å². The van der Waals surface area contributed by atoms with Crippen LogP contribution in [0.2, 0.25) is 0 Å². The van der Waals surface area contributed by atoms with Gasteiger partial charge in [0.2, 0.25) is 11.8 Å². The fraction of sp³-hybridized carbons (Fsp3) is 0.844. The van der Waals surface area contributed by atoms with Gasteiger partial charge < -0.3 is 71.9 Å². The van der Waals surface area contributed by atoms with E-state index < -0.39 is 12.1 Å². The number of carbonyl (C=O) groups is 5. The standard InChI is InChI=1S/C17H34N2O6.C8H18N2O.C7H16N4O2/c1-15(2)16(14-20)19-17(21)4-6-22-8-10-24-12-13-25-11-9-23-7-5-18-3;1-10(2)6-4-3-5-8(9)7-11;1-10-5(6(8)12)3-2-4-11-7(9)13/h14-16,18H,4-13H2,1-3H3,(H,19,21);7-8H,3-6,9H2,1-2H3;5,10H,2-4H2,1H3,(H2,8,12)(H3,9,11,13). The topological polar surface area (TPSA) is 252 Å². The van der Waals surface area contributed by atoms with Crippen LogP contribution in [-0.4, -0.2) is 154 Å². The molecule has 0 aliphatic carbocycles. The molecule has 4 amide bonds. The summed E-state index contributed by atoms with van der Waals surface area (Å²) in [6.07, 6.45) is 6.03. The van der Waals surface area contributed by atoms with Crippen LogP contribution in [0.1, 0.15) is 52.4 Å². The Hall–Kier alpha value is -2.77. The second-order valence-electron chi connectivity index (χ2n) is 11.6. The summed E-state index contributed by atoms with van der Waals surface area (Å²) in [6.45, 7) is 10.1. The van der Waals surface area contributed by atoms with Gasteiger partial charge in [-0.2, -0.15) is 0 Å². The van der Waals surface area contributed by atoms with Crippen LogP contribution in [0.3, 0.4) is 0 Å². The smallest absolute Gasteiger partial charge is 0.312 e. The molecular weight excluding hydrogens is 640 g/mol. The SMILES string of the molecule is CN(C)CCCCC(N)C=O.CNC(CCCNC(N)=O)C(N)=O.CNCCOCCOCCOCCOCCC(=O)NC(C=O)C(C)C. The van der Waals surface area contributed by atoms with Gasteiger partial charge in [0.1, 0.15) is 12.6 Å². The molecule has 0 aromatic carbocycles. The predicted octanol–water partition coefficient (Wildman–Crippen LogP) is -1.25.